The molecule has 1 unspecified atom stereocenters. The van der Waals surface area contributed by atoms with Crippen molar-refractivity contribution in [1.29, 1.82) is 0 Å². The minimum absolute atomic E-state index is 0.660. The Hall–Kier alpha value is -0.940. The van der Waals surface area contributed by atoms with Gasteiger partial charge in [0.1, 0.15) is 11.6 Å². The highest BCUT2D eigenvalue weighted by Gasteiger charge is 2.22. The van der Waals surface area contributed by atoms with Crippen LogP contribution in [0.4, 0.5) is 0 Å². The number of hydrogen-bond acceptors (Lipinski definition) is 4. The Labute approximate surface area is 128 Å². The summed E-state index contributed by atoms with van der Waals surface area (Å²) < 4.78 is 2.36. The first-order valence-electron chi connectivity index (χ1n) is 8.59. The summed E-state index contributed by atoms with van der Waals surface area (Å²) in [5, 5.41) is 12.5. The molecule has 118 valence electrons. The van der Waals surface area contributed by atoms with E-state index in [-0.39, 0.29) is 0 Å². The fourth-order valence-corrected chi connectivity index (χ4v) is 3.63. The lowest BCUT2D eigenvalue weighted by Gasteiger charge is -2.27. The van der Waals surface area contributed by atoms with Gasteiger partial charge in [0.15, 0.2) is 0 Å². The summed E-state index contributed by atoms with van der Waals surface area (Å²) in [6.07, 6.45) is 6.26. The first kappa shape index (κ1) is 15.0. The molecule has 1 N–H and O–H groups in total. The number of fused-ring (bicyclic) bond motifs is 1. The zero-order valence-corrected chi connectivity index (χ0v) is 13.5. The molecule has 2 aliphatic heterocycles. The second-order valence-corrected chi connectivity index (χ2v) is 7.02. The van der Waals surface area contributed by atoms with E-state index in [1.54, 1.807) is 0 Å². The first-order valence-corrected chi connectivity index (χ1v) is 8.59. The minimum atomic E-state index is 0.660. The van der Waals surface area contributed by atoms with E-state index in [1.807, 2.05) is 0 Å². The van der Waals surface area contributed by atoms with Gasteiger partial charge in [-0.3, -0.25) is 4.90 Å². The molecule has 0 saturated carbocycles. The van der Waals surface area contributed by atoms with Gasteiger partial charge >= 0.3 is 0 Å². The Kier molecular flexibility index (Phi) is 4.91. The minimum Gasteiger partial charge on any atom is -0.314 e. The molecule has 0 aliphatic carbocycles. The van der Waals surface area contributed by atoms with E-state index in [4.69, 9.17) is 0 Å². The zero-order valence-electron chi connectivity index (χ0n) is 13.5. The van der Waals surface area contributed by atoms with E-state index in [0.29, 0.717) is 12.0 Å². The van der Waals surface area contributed by atoms with Gasteiger partial charge in [-0.1, -0.05) is 13.8 Å². The van der Waals surface area contributed by atoms with E-state index in [1.165, 1.54) is 43.9 Å². The third kappa shape index (κ3) is 3.83. The second-order valence-electron chi connectivity index (χ2n) is 7.02. The molecule has 5 heteroatoms. The fraction of sp³-hybridized carbons (Fsp3) is 0.875. The molecule has 21 heavy (non-hydrogen) atoms. The number of aromatic nitrogens is 3. The molecule has 2 aliphatic rings. The van der Waals surface area contributed by atoms with Gasteiger partial charge in [0, 0.05) is 32.1 Å². The van der Waals surface area contributed by atoms with Crippen LogP contribution in [0.5, 0.6) is 0 Å². The van der Waals surface area contributed by atoms with E-state index in [9.17, 15) is 0 Å². The van der Waals surface area contributed by atoms with Crippen molar-refractivity contribution in [3.8, 4) is 0 Å². The van der Waals surface area contributed by atoms with Gasteiger partial charge in [0.05, 0.1) is 6.54 Å². The lowest BCUT2D eigenvalue weighted by Crippen LogP contribution is -2.39. The van der Waals surface area contributed by atoms with Crippen molar-refractivity contribution in [3.05, 3.63) is 11.6 Å². The van der Waals surface area contributed by atoms with Crippen LogP contribution < -0.4 is 5.32 Å². The van der Waals surface area contributed by atoms with Crippen LogP contribution in [-0.2, 0) is 19.5 Å². The predicted molar refractivity (Wildman–Crippen MR) is 84.1 cm³/mol. The van der Waals surface area contributed by atoms with Crippen LogP contribution >= 0.6 is 0 Å². The molecule has 3 rings (SSSR count). The number of hydrogen-bond donors (Lipinski definition) is 1. The van der Waals surface area contributed by atoms with Crippen molar-refractivity contribution in [3.63, 3.8) is 0 Å². The third-order valence-corrected chi connectivity index (χ3v) is 4.57. The highest BCUT2D eigenvalue weighted by atomic mass is 15.3. The third-order valence-electron chi connectivity index (χ3n) is 4.57. The highest BCUT2D eigenvalue weighted by Crippen LogP contribution is 2.17. The van der Waals surface area contributed by atoms with Crippen molar-refractivity contribution in [2.24, 2.45) is 5.92 Å². The summed E-state index contributed by atoms with van der Waals surface area (Å²) >= 11 is 0. The van der Waals surface area contributed by atoms with Crippen LogP contribution in [0, 0.1) is 5.92 Å². The summed E-state index contributed by atoms with van der Waals surface area (Å²) in [5.41, 5.74) is 0. The van der Waals surface area contributed by atoms with Crippen molar-refractivity contribution in [2.75, 3.05) is 19.6 Å². The molecule has 0 aromatic carbocycles. The van der Waals surface area contributed by atoms with Gasteiger partial charge in [-0.2, -0.15) is 0 Å². The van der Waals surface area contributed by atoms with E-state index in [2.05, 4.69) is 38.8 Å². The molecule has 1 aromatic heterocycles. The van der Waals surface area contributed by atoms with Gasteiger partial charge < -0.3 is 9.88 Å². The number of rotatable bonds is 6. The van der Waals surface area contributed by atoms with Crippen molar-refractivity contribution in [2.45, 2.75) is 65.1 Å². The molecule has 1 aromatic rings. The van der Waals surface area contributed by atoms with Crippen LogP contribution in [0.3, 0.4) is 0 Å². The number of nitrogens with one attached hydrogen (secondary N) is 1. The quantitative estimate of drug-likeness (QED) is 0.868. The number of aryl methyl sites for hydroxylation is 1. The van der Waals surface area contributed by atoms with Gasteiger partial charge in [-0.05, 0) is 38.1 Å². The van der Waals surface area contributed by atoms with Gasteiger partial charge in [-0.15, -0.1) is 10.2 Å². The molecular formula is C16H29N5. The zero-order chi connectivity index (χ0) is 14.7. The van der Waals surface area contributed by atoms with Crippen LogP contribution in [0.25, 0.3) is 0 Å². The maximum absolute atomic E-state index is 4.47. The molecule has 0 amide bonds. The van der Waals surface area contributed by atoms with E-state index >= 15 is 0 Å². The Bertz CT molecular complexity index is 448. The molecular weight excluding hydrogens is 262 g/mol. The Morgan fingerprint density at radius 2 is 2.19 bits per heavy atom. The molecule has 0 spiro atoms. The van der Waals surface area contributed by atoms with Crippen molar-refractivity contribution < 1.29 is 0 Å². The monoisotopic (exact) mass is 291 g/mol. The maximum atomic E-state index is 4.47. The summed E-state index contributed by atoms with van der Waals surface area (Å²) in [5.74, 6) is 3.05. The van der Waals surface area contributed by atoms with Crippen LogP contribution in [0.15, 0.2) is 0 Å². The van der Waals surface area contributed by atoms with Gasteiger partial charge in [0.25, 0.3) is 0 Å². The molecule has 1 atom stereocenters. The molecule has 3 heterocycles. The Morgan fingerprint density at radius 3 is 2.95 bits per heavy atom. The molecule has 1 saturated heterocycles. The van der Waals surface area contributed by atoms with Gasteiger partial charge in [-0.25, -0.2) is 0 Å². The average molecular weight is 291 g/mol. The molecule has 1 fully saturated rings. The van der Waals surface area contributed by atoms with Crippen molar-refractivity contribution >= 4 is 0 Å². The number of nitrogens with zero attached hydrogens (tertiary/aromatic N) is 4. The smallest absolute Gasteiger partial charge is 0.147 e. The lowest BCUT2D eigenvalue weighted by atomic mass is 10.1. The Morgan fingerprint density at radius 1 is 1.29 bits per heavy atom. The molecule has 0 radical (unpaired) electrons. The summed E-state index contributed by atoms with van der Waals surface area (Å²) in [6, 6.07) is 0.660. The van der Waals surface area contributed by atoms with E-state index < -0.39 is 0 Å². The first-order chi connectivity index (χ1) is 10.2. The topological polar surface area (TPSA) is 46.0 Å². The highest BCUT2D eigenvalue weighted by molar-refractivity contribution is 4.99. The predicted octanol–water partition coefficient (Wildman–Crippen LogP) is 1.82. The van der Waals surface area contributed by atoms with Crippen LogP contribution in [0.2, 0.25) is 0 Å². The SMILES string of the molecule is CC(C)CN(Cc1nnc2n1CCCC2)CC1CCCN1. The van der Waals surface area contributed by atoms with Crippen LogP contribution in [-0.4, -0.2) is 45.3 Å². The summed E-state index contributed by atoms with van der Waals surface area (Å²) in [4.78, 5) is 2.57. The largest absolute Gasteiger partial charge is 0.314 e. The lowest BCUT2D eigenvalue weighted by molar-refractivity contribution is 0.208. The standard InChI is InChI=1S/C16H29N5/c1-13(2)10-20(11-14-6-5-8-17-14)12-16-19-18-15-7-3-4-9-21(15)16/h13-14,17H,3-12H2,1-2H3. The summed E-state index contributed by atoms with van der Waals surface area (Å²) in [6.45, 7) is 10.1. The maximum Gasteiger partial charge on any atom is 0.147 e. The Balaban J connectivity index is 1.66. The fourth-order valence-electron chi connectivity index (χ4n) is 3.63. The average Bonchev–Trinajstić information content (AvgIpc) is 3.09. The molecule has 0 bridgehead atoms. The van der Waals surface area contributed by atoms with E-state index in [0.717, 1.165) is 32.6 Å². The summed E-state index contributed by atoms with van der Waals surface area (Å²) in [7, 11) is 0. The second kappa shape index (κ2) is 6.88. The van der Waals surface area contributed by atoms with Crippen molar-refractivity contribution in [1.82, 2.24) is 25.0 Å². The molecule has 5 nitrogen and oxygen atoms in total. The van der Waals surface area contributed by atoms with Crippen LogP contribution in [0.1, 0.15) is 51.2 Å². The normalized spacial score (nSPS) is 22.2. The van der Waals surface area contributed by atoms with Gasteiger partial charge in [0.2, 0.25) is 0 Å².